The molecule has 262 valence electrons. The van der Waals surface area contributed by atoms with Crippen LogP contribution in [-0.4, -0.2) is 41.7 Å². The molecule has 1 amide bonds. The van der Waals surface area contributed by atoms with Crippen molar-refractivity contribution in [3.05, 3.63) is 65.2 Å². The molecule has 4 rings (SSSR count). The van der Waals surface area contributed by atoms with Crippen molar-refractivity contribution < 1.29 is 19.4 Å². The Labute approximate surface area is 286 Å². The van der Waals surface area contributed by atoms with Gasteiger partial charge < -0.3 is 24.8 Å². The van der Waals surface area contributed by atoms with E-state index in [0.29, 0.717) is 6.42 Å². The minimum atomic E-state index is -0.510. The highest BCUT2D eigenvalue weighted by Crippen LogP contribution is 2.39. The lowest BCUT2D eigenvalue weighted by Gasteiger charge is -2.39. The Morgan fingerprint density at radius 3 is 2.02 bits per heavy atom. The van der Waals surface area contributed by atoms with Crippen LogP contribution in [0.1, 0.15) is 164 Å². The van der Waals surface area contributed by atoms with Crippen molar-refractivity contribution in [2.45, 2.75) is 160 Å². The average Bonchev–Trinajstić information content (AvgIpc) is 3.08. The minimum absolute atomic E-state index is 0.0347. The van der Waals surface area contributed by atoms with Crippen LogP contribution in [-0.2, 0) is 20.9 Å². The maximum Gasteiger partial charge on any atom is 0.224 e. The van der Waals surface area contributed by atoms with E-state index in [1.54, 1.807) is 0 Å². The summed E-state index contributed by atoms with van der Waals surface area (Å²) in [6, 6.07) is 16.1. The van der Waals surface area contributed by atoms with E-state index in [4.69, 9.17) is 9.47 Å². The van der Waals surface area contributed by atoms with Crippen LogP contribution in [0, 0.1) is 0 Å². The van der Waals surface area contributed by atoms with E-state index >= 15 is 0 Å². The van der Waals surface area contributed by atoms with E-state index in [0.717, 1.165) is 61.3 Å². The monoisotopic (exact) mass is 648 g/mol. The van der Waals surface area contributed by atoms with E-state index in [9.17, 15) is 9.90 Å². The number of hydrogen-bond donors (Lipinski definition) is 2. The second-order valence-corrected chi connectivity index (χ2v) is 14.1. The van der Waals surface area contributed by atoms with E-state index in [1.807, 2.05) is 36.4 Å². The Bertz CT molecular complexity index is 1110. The zero-order chi connectivity index (χ0) is 32.9. The molecule has 2 aliphatic rings. The number of amides is 1. The molecule has 6 heteroatoms. The first kappa shape index (κ1) is 37.6. The van der Waals surface area contributed by atoms with Gasteiger partial charge in [-0.2, -0.15) is 0 Å². The number of benzene rings is 2. The number of aliphatic hydroxyl groups is 1. The SMILES string of the molecule is CCCCCCCCCCCCCCCC(=O)Nc1cccc(C2O[C@H](CN3CCCCCCC3)C[C@H](c3ccc(CO)cc3)O2)c1. The lowest BCUT2D eigenvalue weighted by molar-refractivity contribution is -0.253. The van der Waals surface area contributed by atoms with Crippen LogP contribution in [0.3, 0.4) is 0 Å². The Balaban J connectivity index is 1.23. The molecule has 0 spiro atoms. The number of hydrogen-bond acceptors (Lipinski definition) is 5. The number of nitrogens with one attached hydrogen (secondary N) is 1. The van der Waals surface area contributed by atoms with Crippen LogP contribution in [0.5, 0.6) is 0 Å². The largest absolute Gasteiger partial charge is 0.392 e. The van der Waals surface area contributed by atoms with Crippen molar-refractivity contribution >= 4 is 11.6 Å². The number of likely N-dealkylation sites (tertiary alicyclic amines) is 1. The van der Waals surface area contributed by atoms with Crippen LogP contribution in [0.15, 0.2) is 48.5 Å². The van der Waals surface area contributed by atoms with E-state index in [1.165, 1.54) is 103 Å². The van der Waals surface area contributed by atoms with E-state index < -0.39 is 6.29 Å². The third kappa shape index (κ3) is 14.4. The van der Waals surface area contributed by atoms with Gasteiger partial charge in [0, 0.05) is 30.6 Å². The summed E-state index contributed by atoms with van der Waals surface area (Å²) in [5, 5.41) is 12.7. The standard InChI is InChI=1S/C41H64N2O4/c1-2-3-4-5-6-7-8-9-10-11-12-14-17-23-40(45)42-37-22-20-21-36(30-37)41-46-38(32-43-28-18-15-13-16-19-29-43)31-39(47-41)35-26-24-34(33-44)25-27-35/h20-22,24-27,30,38-39,41,44H,2-19,23,28-29,31-33H2,1H3,(H,42,45)/t38-,39+,41?/m0/s1. The summed E-state index contributed by atoms with van der Waals surface area (Å²) >= 11 is 0. The number of rotatable bonds is 20. The van der Waals surface area contributed by atoms with Gasteiger partial charge in [-0.3, -0.25) is 4.79 Å². The summed E-state index contributed by atoms with van der Waals surface area (Å²) < 4.78 is 13.2. The van der Waals surface area contributed by atoms with Crippen LogP contribution in [0.4, 0.5) is 5.69 Å². The average molecular weight is 649 g/mol. The highest BCUT2D eigenvalue weighted by atomic mass is 16.7. The highest BCUT2D eigenvalue weighted by molar-refractivity contribution is 5.90. The normalized spacial score (nSPS) is 20.9. The van der Waals surface area contributed by atoms with Gasteiger partial charge in [0.2, 0.25) is 5.91 Å². The molecule has 47 heavy (non-hydrogen) atoms. The Morgan fingerprint density at radius 1 is 0.766 bits per heavy atom. The molecule has 2 N–H and O–H groups in total. The van der Waals surface area contributed by atoms with Crippen molar-refractivity contribution in [3.8, 4) is 0 Å². The zero-order valence-electron chi connectivity index (χ0n) is 29.4. The van der Waals surface area contributed by atoms with Gasteiger partial charge in [-0.1, -0.05) is 140 Å². The Kier molecular flexibility index (Phi) is 17.9. The molecule has 1 unspecified atom stereocenters. The van der Waals surface area contributed by atoms with Gasteiger partial charge in [0.25, 0.3) is 0 Å². The van der Waals surface area contributed by atoms with Crippen molar-refractivity contribution in [3.63, 3.8) is 0 Å². The third-order valence-corrected chi connectivity index (χ3v) is 9.98. The number of ether oxygens (including phenoxy) is 2. The molecule has 2 aromatic rings. The van der Waals surface area contributed by atoms with Crippen molar-refractivity contribution in [2.24, 2.45) is 0 Å². The number of aliphatic hydroxyl groups excluding tert-OH is 1. The maximum atomic E-state index is 12.8. The summed E-state index contributed by atoms with van der Waals surface area (Å²) in [6.45, 7) is 5.47. The Morgan fingerprint density at radius 2 is 1.38 bits per heavy atom. The van der Waals surface area contributed by atoms with Gasteiger partial charge >= 0.3 is 0 Å². The lowest BCUT2D eigenvalue weighted by Crippen LogP contribution is -2.40. The molecule has 0 bridgehead atoms. The fourth-order valence-electron chi connectivity index (χ4n) is 7.11. The quantitative estimate of drug-likeness (QED) is 0.140. The molecule has 0 aromatic heterocycles. The predicted octanol–water partition coefficient (Wildman–Crippen LogP) is 10.4. The molecule has 2 aromatic carbocycles. The summed E-state index contributed by atoms with van der Waals surface area (Å²) in [6.07, 6.45) is 24.2. The molecule has 6 nitrogen and oxygen atoms in total. The zero-order valence-corrected chi connectivity index (χ0v) is 29.4. The summed E-state index contributed by atoms with van der Waals surface area (Å²) in [7, 11) is 0. The summed E-state index contributed by atoms with van der Waals surface area (Å²) in [5.74, 6) is 0.0764. The predicted molar refractivity (Wildman–Crippen MR) is 193 cm³/mol. The van der Waals surface area contributed by atoms with Crippen molar-refractivity contribution in [1.82, 2.24) is 4.90 Å². The van der Waals surface area contributed by atoms with Crippen LogP contribution >= 0.6 is 0 Å². The number of carbonyl (C=O) groups excluding carboxylic acids is 1. The van der Waals surface area contributed by atoms with Crippen molar-refractivity contribution in [2.75, 3.05) is 25.0 Å². The smallest absolute Gasteiger partial charge is 0.224 e. The van der Waals surface area contributed by atoms with Gasteiger partial charge in [0.05, 0.1) is 18.8 Å². The molecule has 2 fully saturated rings. The second-order valence-electron chi connectivity index (χ2n) is 14.1. The number of unbranched alkanes of at least 4 members (excludes halogenated alkanes) is 12. The number of nitrogens with zero attached hydrogens (tertiary/aromatic N) is 1. The molecule has 2 saturated heterocycles. The molecule has 2 aliphatic heterocycles. The summed E-state index contributed by atoms with van der Waals surface area (Å²) in [5.41, 5.74) is 3.73. The highest BCUT2D eigenvalue weighted by Gasteiger charge is 2.33. The van der Waals surface area contributed by atoms with E-state index in [2.05, 4.69) is 29.3 Å². The molecule has 0 saturated carbocycles. The first-order valence-corrected chi connectivity index (χ1v) is 19.3. The molecule has 0 aliphatic carbocycles. The van der Waals surface area contributed by atoms with Crippen molar-refractivity contribution in [1.29, 1.82) is 0 Å². The molecular weight excluding hydrogens is 584 g/mol. The molecule has 3 atom stereocenters. The van der Waals surface area contributed by atoms with Crippen LogP contribution in [0.2, 0.25) is 0 Å². The fourth-order valence-corrected chi connectivity index (χ4v) is 7.11. The number of carbonyl (C=O) groups is 1. The summed E-state index contributed by atoms with van der Waals surface area (Å²) in [4.78, 5) is 15.4. The topological polar surface area (TPSA) is 71.0 Å². The van der Waals surface area contributed by atoms with E-state index in [-0.39, 0.29) is 24.7 Å². The molecule has 0 radical (unpaired) electrons. The van der Waals surface area contributed by atoms with Gasteiger partial charge in [-0.25, -0.2) is 0 Å². The molecular formula is C41H64N2O4. The van der Waals surface area contributed by atoms with Crippen LogP contribution < -0.4 is 5.32 Å². The Hall–Kier alpha value is -2.25. The fraction of sp³-hybridized carbons (Fsp3) is 0.683. The van der Waals surface area contributed by atoms with Gasteiger partial charge in [0.15, 0.2) is 6.29 Å². The van der Waals surface area contributed by atoms with Gasteiger partial charge in [-0.05, 0) is 55.6 Å². The van der Waals surface area contributed by atoms with Crippen LogP contribution in [0.25, 0.3) is 0 Å². The first-order chi connectivity index (χ1) is 23.1. The lowest BCUT2D eigenvalue weighted by atomic mass is 9.99. The first-order valence-electron chi connectivity index (χ1n) is 19.3. The van der Waals surface area contributed by atoms with Gasteiger partial charge in [-0.15, -0.1) is 0 Å². The minimum Gasteiger partial charge on any atom is -0.392 e. The molecule has 2 heterocycles. The second kappa shape index (κ2) is 22.4. The third-order valence-electron chi connectivity index (χ3n) is 9.98. The number of anilines is 1. The maximum absolute atomic E-state index is 12.8. The van der Waals surface area contributed by atoms with Gasteiger partial charge in [0.1, 0.15) is 0 Å².